The van der Waals surface area contributed by atoms with E-state index in [2.05, 4.69) is 10.2 Å². The van der Waals surface area contributed by atoms with Crippen molar-refractivity contribution in [3.8, 4) is 5.69 Å². The number of aromatic nitrogens is 1. The van der Waals surface area contributed by atoms with Crippen LogP contribution in [0.1, 0.15) is 40.2 Å². The van der Waals surface area contributed by atoms with Crippen molar-refractivity contribution in [2.45, 2.75) is 39.3 Å². The largest absolute Gasteiger partial charge is 0.368 e. The molecule has 32 heavy (non-hydrogen) atoms. The summed E-state index contributed by atoms with van der Waals surface area (Å²) in [4.78, 5) is 27.0. The molecule has 1 atom stereocenters. The number of benzene rings is 2. The van der Waals surface area contributed by atoms with E-state index in [0.29, 0.717) is 29.2 Å². The number of primary amides is 1. The van der Waals surface area contributed by atoms with Gasteiger partial charge in [-0.1, -0.05) is 30.3 Å². The molecule has 0 radical (unpaired) electrons. The lowest BCUT2D eigenvalue weighted by atomic mass is 10.1. The van der Waals surface area contributed by atoms with Crippen LogP contribution in [0.25, 0.3) is 5.69 Å². The van der Waals surface area contributed by atoms with Crippen molar-refractivity contribution >= 4 is 17.5 Å². The summed E-state index contributed by atoms with van der Waals surface area (Å²) in [6.45, 7) is 4.97. The molecule has 1 fully saturated rings. The minimum absolute atomic E-state index is 0.263. The summed E-state index contributed by atoms with van der Waals surface area (Å²) >= 11 is 0. The van der Waals surface area contributed by atoms with Crippen LogP contribution in [0.5, 0.6) is 0 Å². The maximum absolute atomic E-state index is 14.4. The van der Waals surface area contributed by atoms with E-state index in [1.807, 2.05) is 38.1 Å². The molecule has 166 valence electrons. The predicted octanol–water partition coefficient (Wildman–Crippen LogP) is 3.94. The zero-order valence-electron chi connectivity index (χ0n) is 18.3. The smallest absolute Gasteiger partial charge is 0.257 e. The molecule has 1 aliphatic rings. The minimum atomic E-state index is -0.346. The van der Waals surface area contributed by atoms with Crippen molar-refractivity contribution < 1.29 is 14.0 Å². The van der Waals surface area contributed by atoms with E-state index in [9.17, 15) is 14.0 Å². The first-order valence-electron chi connectivity index (χ1n) is 10.7. The van der Waals surface area contributed by atoms with Crippen molar-refractivity contribution in [1.82, 2.24) is 9.47 Å². The molecule has 2 heterocycles. The van der Waals surface area contributed by atoms with Crippen molar-refractivity contribution in [3.63, 3.8) is 0 Å². The molecule has 0 saturated carbocycles. The summed E-state index contributed by atoms with van der Waals surface area (Å²) in [5.41, 5.74) is 9.47. The number of aryl methyl sites for hydroxylation is 1. The molecule has 1 aromatic heterocycles. The number of para-hydroxylation sites is 2. The molecule has 0 bridgehead atoms. The van der Waals surface area contributed by atoms with Crippen LogP contribution >= 0.6 is 0 Å². The first kappa shape index (κ1) is 21.8. The molecule has 4 rings (SSSR count). The Hall–Kier alpha value is -3.45. The average molecular weight is 435 g/mol. The average Bonchev–Trinajstić information content (AvgIpc) is 3.34. The lowest BCUT2D eigenvalue weighted by Crippen LogP contribution is -2.39. The number of likely N-dealkylation sites (tertiary alicyclic amines) is 1. The highest BCUT2D eigenvalue weighted by atomic mass is 19.1. The standard InChI is InChI=1S/C25H27FN4O2/c1-16-14-19(17(2)30(16)22-11-6-4-9-20(22)26)25(32)28-21-10-5-3-8-18(21)15-29-13-7-12-23(29)24(27)31/h3-6,8-11,14,23H,7,12-13,15H2,1-2H3,(H2,27,31)(H,28,32). The van der Waals surface area contributed by atoms with Gasteiger partial charge in [-0.25, -0.2) is 4.39 Å². The highest BCUT2D eigenvalue weighted by Crippen LogP contribution is 2.26. The normalized spacial score (nSPS) is 16.3. The molecule has 3 aromatic rings. The van der Waals surface area contributed by atoms with Gasteiger partial charge in [0.15, 0.2) is 0 Å². The Labute approximate surface area is 186 Å². The molecule has 2 amide bonds. The monoisotopic (exact) mass is 434 g/mol. The Kier molecular flexibility index (Phi) is 6.10. The molecule has 2 aromatic carbocycles. The van der Waals surface area contributed by atoms with Crippen molar-refractivity contribution in [1.29, 1.82) is 0 Å². The van der Waals surface area contributed by atoms with E-state index in [-0.39, 0.29) is 23.7 Å². The number of anilines is 1. The molecule has 7 heteroatoms. The quantitative estimate of drug-likeness (QED) is 0.617. The van der Waals surface area contributed by atoms with E-state index in [1.54, 1.807) is 28.8 Å². The number of hydrogen-bond donors (Lipinski definition) is 2. The maximum Gasteiger partial charge on any atom is 0.257 e. The zero-order valence-corrected chi connectivity index (χ0v) is 18.3. The number of hydrogen-bond acceptors (Lipinski definition) is 3. The number of nitrogens with two attached hydrogens (primary N) is 1. The van der Waals surface area contributed by atoms with E-state index in [1.165, 1.54) is 6.07 Å². The fourth-order valence-corrected chi connectivity index (χ4v) is 4.52. The van der Waals surface area contributed by atoms with Gasteiger partial charge in [0.2, 0.25) is 5.91 Å². The summed E-state index contributed by atoms with van der Waals surface area (Å²) in [5.74, 6) is -0.924. The second-order valence-electron chi connectivity index (χ2n) is 8.21. The molecule has 1 saturated heterocycles. The van der Waals surface area contributed by atoms with Crippen LogP contribution in [0, 0.1) is 19.7 Å². The van der Waals surface area contributed by atoms with Gasteiger partial charge in [0, 0.05) is 23.6 Å². The van der Waals surface area contributed by atoms with Gasteiger partial charge < -0.3 is 15.6 Å². The van der Waals surface area contributed by atoms with Gasteiger partial charge in [-0.2, -0.15) is 0 Å². The van der Waals surface area contributed by atoms with Crippen LogP contribution in [-0.2, 0) is 11.3 Å². The van der Waals surface area contributed by atoms with Gasteiger partial charge in [-0.15, -0.1) is 0 Å². The second-order valence-corrected chi connectivity index (χ2v) is 8.21. The van der Waals surface area contributed by atoms with Gasteiger partial charge in [0.25, 0.3) is 5.91 Å². The Balaban J connectivity index is 1.59. The zero-order chi connectivity index (χ0) is 22.8. The summed E-state index contributed by atoms with van der Waals surface area (Å²) in [6, 6.07) is 15.5. The van der Waals surface area contributed by atoms with Crippen LogP contribution in [0.3, 0.4) is 0 Å². The van der Waals surface area contributed by atoms with Gasteiger partial charge in [0.1, 0.15) is 5.82 Å². The Bertz CT molecular complexity index is 1170. The maximum atomic E-state index is 14.4. The minimum Gasteiger partial charge on any atom is -0.368 e. The number of carbonyl (C=O) groups excluding carboxylic acids is 2. The first-order chi connectivity index (χ1) is 15.4. The number of rotatable bonds is 6. The van der Waals surface area contributed by atoms with Gasteiger partial charge in [-0.3, -0.25) is 14.5 Å². The summed E-state index contributed by atoms with van der Waals surface area (Å²) in [5, 5.41) is 3.00. The third-order valence-corrected chi connectivity index (χ3v) is 6.10. The Morgan fingerprint density at radius 1 is 1.12 bits per heavy atom. The SMILES string of the molecule is Cc1cc(C(=O)Nc2ccccc2CN2CCCC2C(N)=O)c(C)n1-c1ccccc1F. The van der Waals surface area contributed by atoms with Crippen molar-refractivity contribution in [2.75, 3.05) is 11.9 Å². The molecular formula is C25H27FN4O2. The van der Waals surface area contributed by atoms with Crippen LogP contribution in [0.15, 0.2) is 54.6 Å². The van der Waals surface area contributed by atoms with Crippen LogP contribution < -0.4 is 11.1 Å². The van der Waals surface area contributed by atoms with Gasteiger partial charge in [-0.05, 0) is 63.1 Å². The molecule has 3 N–H and O–H groups in total. The van der Waals surface area contributed by atoms with Crippen LogP contribution in [0.4, 0.5) is 10.1 Å². The summed E-state index contributed by atoms with van der Waals surface area (Å²) < 4.78 is 16.1. The van der Waals surface area contributed by atoms with Crippen molar-refractivity contribution in [3.05, 3.63) is 82.9 Å². The highest BCUT2D eigenvalue weighted by molar-refractivity contribution is 6.05. The number of halogens is 1. The Morgan fingerprint density at radius 2 is 1.84 bits per heavy atom. The van der Waals surface area contributed by atoms with Gasteiger partial charge in [0.05, 0.1) is 17.3 Å². The molecule has 0 spiro atoms. The molecule has 1 aliphatic heterocycles. The lowest BCUT2D eigenvalue weighted by Gasteiger charge is -2.23. The highest BCUT2D eigenvalue weighted by Gasteiger charge is 2.29. The third-order valence-electron chi connectivity index (χ3n) is 6.10. The number of nitrogens with zero attached hydrogens (tertiary/aromatic N) is 2. The van der Waals surface area contributed by atoms with E-state index < -0.39 is 0 Å². The van der Waals surface area contributed by atoms with Crippen LogP contribution in [-0.4, -0.2) is 33.9 Å². The van der Waals surface area contributed by atoms with E-state index >= 15 is 0 Å². The number of nitrogens with one attached hydrogen (secondary N) is 1. The topological polar surface area (TPSA) is 80.4 Å². The summed E-state index contributed by atoms with van der Waals surface area (Å²) in [7, 11) is 0. The van der Waals surface area contributed by atoms with E-state index in [4.69, 9.17) is 5.73 Å². The van der Waals surface area contributed by atoms with Gasteiger partial charge >= 0.3 is 0 Å². The number of amides is 2. The molecule has 6 nitrogen and oxygen atoms in total. The molecule has 0 aliphatic carbocycles. The van der Waals surface area contributed by atoms with E-state index in [0.717, 1.165) is 30.6 Å². The van der Waals surface area contributed by atoms with Crippen molar-refractivity contribution in [2.24, 2.45) is 5.73 Å². The molecule has 1 unspecified atom stereocenters. The number of carbonyl (C=O) groups is 2. The first-order valence-corrected chi connectivity index (χ1v) is 10.7. The fourth-order valence-electron chi connectivity index (χ4n) is 4.52. The Morgan fingerprint density at radius 3 is 2.59 bits per heavy atom. The lowest BCUT2D eigenvalue weighted by molar-refractivity contribution is -0.122. The van der Waals surface area contributed by atoms with Crippen LogP contribution in [0.2, 0.25) is 0 Å². The predicted molar refractivity (Wildman–Crippen MR) is 122 cm³/mol. The fraction of sp³-hybridized carbons (Fsp3) is 0.280. The summed E-state index contributed by atoms with van der Waals surface area (Å²) in [6.07, 6.45) is 1.68. The molecular weight excluding hydrogens is 407 g/mol. The third kappa shape index (κ3) is 4.16. The second kappa shape index (κ2) is 8.96.